The second kappa shape index (κ2) is 8.86. The van der Waals surface area contributed by atoms with E-state index in [1.807, 2.05) is 43.5 Å². The van der Waals surface area contributed by atoms with E-state index in [0.717, 1.165) is 41.9 Å². The number of amides is 1. The Hall–Kier alpha value is -3.22. The van der Waals surface area contributed by atoms with Crippen LogP contribution in [0.15, 0.2) is 48.9 Å². The summed E-state index contributed by atoms with van der Waals surface area (Å²) in [6.45, 7) is 4.61. The Morgan fingerprint density at radius 3 is 3.00 bits per heavy atom. The van der Waals surface area contributed by atoms with Gasteiger partial charge in [-0.3, -0.25) is 9.78 Å². The van der Waals surface area contributed by atoms with E-state index in [2.05, 4.69) is 25.2 Å². The highest BCUT2D eigenvalue weighted by atomic mass is 16.5. The predicted molar refractivity (Wildman–Crippen MR) is 112 cm³/mol. The van der Waals surface area contributed by atoms with Crippen LogP contribution in [0, 0.1) is 5.92 Å². The summed E-state index contributed by atoms with van der Waals surface area (Å²) in [5.41, 5.74) is 3.38. The molecule has 7 heteroatoms. The second-order valence-corrected chi connectivity index (χ2v) is 7.14. The summed E-state index contributed by atoms with van der Waals surface area (Å²) in [5, 5.41) is 3.09. The SMILES string of the molecule is CCOc1ccccc1CNC(=O)C1CCCN(c2cnc3nccnc3c2)C1. The number of carbonyl (C=O) groups excluding carboxylic acids is 1. The third-order valence-electron chi connectivity index (χ3n) is 5.19. The van der Waals surface area contributed by atoms with Gasteiger partial charge in [-0.05, 0) is 31.9 Å². The van der Waals surface area contributed by atoms with Crippen LogP contribution in [-0.4, -0.2) is 40.6 Å². The number of para-hydroxylation sites is 1. The molecule has 0 radical (unpaired) electrons. The molecule has 1 unspecified atom stereocenters. The third kappa shape index (κ3) is 4.45. The standard InChI is InChI=1S/C22H25N5O2/c1-2-29-20-8-4-3-6-16(20)13-26-22(28)17-7-5-11-27(15-17)18-12-19-21(25-14-18)24-10-9-23-19/h3-4,6,8-10,12,14,17H,2,5,7,11,13,15H2,1H3,(H,26,28). The van der Waals surface area contributed by atoms with Gasteiger partial charge in [0.05, 0.1) is 24.4 Å². The maximum atomic E-state index is 12.8. The average Bonchev–Trinajstić information content (AvgIpc) is 2.78. The van der Waals surface area contributed by atoms with E-state index in [1.165, 1.54) is 0 Å². The number of carbonyl (C=O) groups is 1. The molecule has 1 atom stereocenters. The number of fused-ring (bicyclic) bond motifs is 1. The van der Waals surface area contributed by atoms with E-state index in [1.54, 1.807) is 12.4 Å². The quantitative estimate of drug-likeness (QED) is 0.696. The lowest BCUT2D eigenvalue weighted by molar-refractivity contribution is -0.125. The van der Waals surface area contributed by atoms with Crippen LogP contribution >= 0.6 is 0 Å². The minimum Gasteiger partial charge on any atom is -0.494 e. The number of hydrogen-bond donors (Lipinski definition) is 1. The van der Waals surface area contributed by atoms with Crippen molar-refractivity contribution >= 4 is 22.8 Å². The van der Waals surface area contributed by atoms with Crippen LogP contribution in [0.25, 0.3) is 11.2 Å². The molecule has 3 heterocycles. The van der Waals surface area contributed by atoms with E-state index >= 15 is 0 Å². The van der Waals surface area contributed by atoms with Crippen LogP contribution in [0.1, 0.15) is 25.3 Å². The number of rotatable bonds is 6. The van der Waals surface area contributed by atoms with Gasteiger partial charge in [0.1, 0.15) is 11.3 Å². The summed E-state index contributed by atoms with van der Waals surface area (Å²) < 4.78 is 5.65. The molecular weight excluding hydrogens is 366 g/mol. The van der Waals surface area contributed by atoms with Crippen molar-refractivity contribution in [2.24, 2.45) is 5.92 Å². The van der Waals surface area contributed by atoms with E-state index in [-0.39, 0.29) is 11.8 Å². The summed E-state index contributed by atoms with van der Waals surface area (Å²) in [5.74, 6) is 0.846. The van der Waals surface area contributed by atoms with E-state index in [9.17, 15) is 4.79 Å². The average molecular weight is 391 g/mol. The number of ether oxygens (including phenoxy) is 1. The van der Waals surface area contributed by atoms with Gasteiger partial charge < -0.3 is 15.0 Å². The van der Waals surface area contributed by atoms with Gasteiger partial charge in [-0.25, -0.2) is 9.97 Å². The molecule has 1 saturated heterocycles. The van der Waals surface area contributed by atoms with Crippen LogP contribution in [0.3, 0.4) is 0 Å². The Morgan fingerprint density at radius 1 is 1.24 bits per heavy atom. The van der Waals surface area contributed by atoms with Crippen molar-refractivity contribution in [1.29, 1.82) is 0 Å². The number of nitrogens with zero attached hydrogens (tertiary/aromatic N) is 4. The number of nitrogens with one attached hydrogen (secondary N) is 1. The highest BCUT2D eigenvalue weighted by molar-refractivity contribution is 5.80. The van der Waals surface area contributed by atoms with Crippen molar-refractivity contribution in [2.45, 2.75) is 26.3 Å². The molecule has 2 aromatic heterocycles. The molecule has 0 saturated carbocycles. The first-order chi connectivity index (χ1) is 14.2. The number of hydrogen-bond acceptors (Lipinski definition) is 6. The number of pyridine rings is 1. The van der Waals surface area contributed by atoms with Gasteiger partial charge in [0.2, 0.25) is 5.91 Å². The highest BCUT2D eigenvalue weighted by Gasteiger charge is 2.26. The molecule has 1 aliphatic rings. The molecule has 4 rings (SSSR count). The fourth-order valence-corrected chi connectivity index (χ4v) is 3.72. The fourth-order valence-electron chi connectivity index (χ4n) is 3.72. The van der Waals surface area contributed by atoms with Gasteiger partial charge in [-0.1, -0.05) is 18.2 Å². The molecule has 0 spiro atoms. The van der Waals surface area contributed by atoms with Crippen LogP contribution in [-0.2, 0) is 11.3 Å². The molecule has 150 valence electrons. The van der Waals surface area contributed by atoms with Gasteiger partial charge in [-0.15, -0.1) is 0 Å². The van der Waals surface area contributed by atoms with Gasteiger partial charge in [0.25, 0.3) is 0 Å². The van der Waals surface area contributed by atoms with Crippen LogP contribution in [0.4, 0.5) is 5.69 Å². The molecule has 1 fully saturated rings. The van der Waals surface area contributed by atoms with Crippen molar-refractivity contribution < 1.29 is 9.53 Å². The lowest BCUT2D eigenvalue weighted by Gasteiger charge is -2.33. The summed E-state index contributed by atoms with van der Waals surface area (Å²) >= 11 is 0. The minimum absolute atomic E-state index is 0.0550. The zero-order valence-electron chi connectivity index (χ0n) is 16.5. The predicted octanol–water partition coefficient (Wildman–Crippen LogP) is 2.96. The van der Waals surface area contributed by atoms with Gasteiger partial charge in [-0.2, -0.15) is 0 Å². The van der Waals surface area contributed by atoms with E-state index in [0.29, 0.717) is 25.3 Å². The molecule has 1 aromatic carbocycles. The van der Waals surface area contributed by atoms with E-state index < -0.39 is 0 Å². The fraction of sp³-hybridized carbons (Fsp3) is 0.364. The molecule has 1 amide bonds. The molecule has 3 aromatic rings. The van der Waals surface area contributed by atoms with Gasteiger partial charge >= 0.3 is 0 Å². The number of anilines is 1. The van der Waals surface area contributed by atoms with Crippen LogP contribution < -0.4 is 15.0 Å². The third-order valence-corrected chi connectivity index (χ3v) is 5.19. The van der Waals surface area contributed by atoms with Crippen LogP contribution in [0.2, 0.25) is 0 Å². The maximum absolute atomic E-state index is 12.8. The van der Waals surface area contributed by atoms with Gasteiger partial charge in [0.15, 0.2) is 5.65 Å². The Balaban J connectivity index is 1.40. The number of piperidine rings is 1. The molecule has 7 nitrogen and oxygen atoms in total. The van der Waals surface area contributed by atoms with Gasteiger partial charge in [0, 0.05) is 37.6 Å². The highest BCUT2D eigenvalue weighted by Crippen LogP contribution is 2.25. The second-order valence-electron chi connectivity index (χ2n) is 7.14. The Labute approximate surface area is 170 Å². The summed E-state index contributed by atoms with van der Waals surface area (Å²) in [4.78, 5) is 28.0. The Bertz CT molecular complexity index is 994. The summed E-state index contributed by atoms with van der Waals surface area (Å²) in [7, 11) is 0. The Kier molecular flexibility index (Phi) is 5.84. The van der Waals surface area contributed by atoms with Crippen molar-refractivity contribution in [3.63, 3.8) is 0 Å². The molecule has 0 aliphatic carbocycles. The van der Waals surface area contributed by atoms with Crippen LogP contribution in [0.5, 0.6) is 5.75 Å². The molecule has 1 N–H and O–H groups in total. The zero-order valence-corrected chi connectivity index (χ0v) is 16.5. The lowest BCUT2D eigenvalue weighted by Crippen LogP contribution is -2.43. The van der Waals surface area contributed by atoms with Crippen molar-refractivity contribution in [3.8, 4) is 5.75 Å². The van der Waals surface area contributed by atoms with Crippen molar-refractivity contribution in [3.05, 3.63) is 54.5 Å². The normalized spacial score (nSPS) is 16.6. The zero-order chi connectivity index (χ0) is 20.1. The summed E-state index contributed by atoms with van der Waals surface area (Å²) in [6, 6.07) is 9.82. The Morgan fingerprint density at radius 2 is 2.10 bits per heavy atom. The summed E-state index contributed by atoms with van der Waals surface area (Å²) in [6.07, 6.45) is 6.97. The number of benzene rings is 1. The van der Waals surface area contributed by atoms with Crippen molar-refractivity contribution in [1.82, 2.24) is 20.3 Å². The lowest BCUT2D eigenvalue weighted by atomic mass is 9.96. The molecule has 0 bridgehead atoms. The molecule has 1 aliphatic heterocycles. The first-order valence-electron chi connectivity index (χ1n) is 10.0. The van der Waals surface area contributed by atoms with Crippen molar-refractivity contribution in [2.75, 3.05) is 24.6 Å². The number of aromatic nitrogens is 3. The smallest absolute Gasteiger partial charge is 0.225 e. The monoisotopic (exact) mass is 391 g/mol. The van der Waals surface area contributed by atoms with E-state index in [4.69, 9.17) is 4.74 Å². The largest absolute Gasteiger partial charge is 0.494 e. The first kappa shape index (κ1) is 19.1. The minimum atomic E-state index is -0.0550. The molecule has 29 heavy (non-hydrogen) atoms. The maximum Gasteiger partial charge on any atom is 0.225 e. The molecular formula is C22H25N5O2. The topological polar surface area (TPSA) is 80.2 Å². The first-order valence-corrected chi connectivity index (χ1v) is 10.0.